The standard InChI is InChI=1S/C20H19ClN6OS/c1-2-13-17(21)16-18(24-13)25-20(26-19(16)27-7-5-11(28)10-27)29-12-8-15-14(23-9-12)4-3-6-22-15/h3-4,6,8-9,11,28H,2,5,7,10H2,1H3,(H,24,25,26). The van der Waals surface area contributed by atoms with Crippen LogP contribution in [0.2, 0.25) is 5.02 Å². The molecule has 1 aliphatic heterocycles. The van der Waals surface area contributed by atoms with Crippen molar-refractivity contribution in [2.24, 2.45) is 0 Å². The van der Waals surface area contributed by atoms with Crippen LogP contribution < -0.4 is 4.90 Å². The van der Waals surface area contributed by atoms with Gasteiger partial charge >= 0.3 is 0 Å². The number of aryl methyl sites for hydroxylation is 1. The fraction of sp³-hybridized carbons (Fsp3) is 0.300. The first-order chi connectivity index (χ1) is 14.1. The van der Waals surface area contributed by atoms with Gasteiger partial charge in [0.05, 0.1) is 27.5 Å². The second-order valence-corrected chi connectivity index (χ2v) is 8.45. The fourth-order valence-electron chi connectivity index (χ4n) is 3.62. The minimum atomic E-state index is -0.352. The zero-order chi connectivity index (χ0) is 20.0. The number of β-amino-alcohol motifs (C(OH)–C–C–N with tert-alkyl or cyclic N) is 1. The Morgan fingerprint density at radius 2 is 2.21 bits per heavy atom. The van der Waals surface area contributed by atoms with Gasteiger partial charge in [-0.05, 0) is 42.8 Å². The Bertz CT molecular complexity index is 1210. The molecular formula is C20H19ClN6OS. The fourth-order valence-corrected chi connectivity index (χ4v) is 4.73. The van der Waals surface area contributed by atoms with Gasteiger partial charge < -0.3 is 15.0 Å². The zero-order valence-corrected chi connectivity index (χ0v) is 17.3. The molecule has 1 fully saturated rings. The molecule has 148 valence electrons. The SMILES string of the molecule is CCc1[nH]c2nc(Sc3cnc4cccnc4c3)nc(N3CCC(O)C3)c2c1Cl. The van der Waals surface area contributed by atoms with Crippen LogP contribution in [0, 0.1) is 0 Å². The summed E-state index contributed by atoms with van der Waals surface area (Å²) in [5, 5.41) is 12.1. The molecule has 1 unspecified atom stereocenters. The molecule has 0 aliphatic carbocycles. The molecule has 4 aromatic rings. The highest BCUT2D eigenvalue weighted by atomic mass is 35.5. The maximum absolute atomic E-state index is 10.0. The van der Waals surface area contributed by atoms with Gasteiger partial charge in [0, 0.05) is 36.1 Å². The van der Waals surface area contributed by atoms with Gasteiger partial charge in [0.25, 0.3) is 0 Å². The van der Waals surface area contributed by atoms with Gasteiger partial charge in [-0.1, -0.05) is 18.5 Å². The molecule has 29 heavy (non-hydrogen) atoms. The predicted octanol–water partition coefficient (Wildman–Crippen LogP) is 3.84. The number of nitrogens with one attached hydrogen (secondary N) is 1. The number of hydrogen-bond donors (Lipinski definition) is 2. The van der Waals surface area contributed by atoms with Crippen LogP contribution in [0.1, 0.15) is 19.0 Å². The molecule has 2 N–H and O–H groups in total. The van der Waals surface area contributed by atoms with Gasteiger partial charge in [0.1, 0.15) is 11.5 Å². The number of H-pyrrole nitrogens is 1. The summed E-state index contributed by atoms with van der Waals surface area (Å²) in [6.45, 7) is 3.33. The minimum absolute atomic E-state index is 0.352. The largest absolute Gasteiger partial charge is 0.391 e. The summed E-state index contributed by atoms with van der Waals surface area (Å²) in [6.07, 6.45) is 4.71. The van der Waals surface area contributed by atoms with Gasteiger partial charge in [0.2, 0.25) is 0 Å². The van der Waals surface area contributed by atoms with Gasteiger partial charge in [0.15, 0.2) is 5.16 Å². The van der Waals surface area contributed by atoms with Crippen molar-refractivity contribution in [3.8, 4) is 0 Å². The summed E-state index contributed by atoms with van der Waals surface area (Å²) in [5.74, 6) is 0.766. The molecule has 0 bridgehead atoms. The van der Waals surface area contributed by atoms with E-state index in [9.17, 15) is 5.11 Å². The van der Waals surface area contributed by atoms with E-state index in [1.54, 1.807) is 12.4 Å². The highest BCUT2D eigenvalue weighted by molar-refractivity contribution is 7.99. The monoisotopic (exact) mass is 426 g/mol. The lowest BCUT2D eigenvalue weighted by molar-refractivity contribution is 0.198. The number of nitrogens with zero attached hydrogens (tertiary/aromatic N) is 5. The van der Waals surface area contributed by atoms with Gasteiger partial charge in [-0.15, -0.1) is 0 Å². The van der Waals surface area contributed by atoms with E-state index in [4.69, 9.17) is 21.6 Å². The third-order valence-electron chi connectivity index (χ3n) is 5.07. The first kappa shape index (κ1) is 18.6. The average Bonchev–Trinajstić information content (AvgIpc) is 3.30. The number of pyridine rings is 2. The molecule has 1 saturated heterocycles. The third-order valence-corrected chi connectivity index (χ3v) is 6.32. The number of anilines is 1. The predicted molar refractivity (Wildman–Crippen MR) is 115 cm³/mol. The summed E-state index contributed by atoms with van der Waals surface area (Å²) in [4.78, 5) is 24.7. The third kappa shape index (κ3) is 3.41. The van der Waals surface area contributed by atoms with Crippen molar-refractivity contribution in [1.82, 2.24) is 24.9 Å². The van der Waals surface area contributed by atoms with Crippen molar-refractivity contribution in [3.05, 3.63) is 41.3 Å². The van der Waals surface area contributed by atoms with E-state index >= 15 is 0 Å². The Morgan fingerprint density at radius 3 is 3.00 bits per heavy atom. The molecule has 0 radical (unpaired) electrons. The number of aromatic nitrogens is 5. The highest BCUT2D eigenvalue weighted by Gasteiger charge is 2.26. The summed E-state index contributed by atoms with van der Waals surface area (Å²) in [5.41, 5.74) is 3.34. The Labute approximate surface area is 176 Å². The maximum Gasteiger partial charge on any atom is 0.196 e. The summed E-state index contributed by atoms with van der Waals surface area (Å²) in [7, 11) is 0. The van der Waals surface area contributed by atoms with Crippen LogP contribution in [0.3, 0.4) is 0 Å². The first-order valence-corrected chi connectivity index (χ1v) is 10.7. The van der Waals surface area contributed by atoms with E-state index < -0.39 is 0 Å². The van der Waals surface area contributed by atoms with E-state index in [2.05, 4.69) is 19.9 Å². The minimum Gasteiger partial charge on any atom is -0.391 e. The average molecular weight is 427 g/mol. The van der Waals surface area contributed by atoms with Crippen molar-refractivity contribution in [3.63, 3.8) is 0 Å². The summed E-state index contributed by atoms with van der Waals surface area (Å²) < 4.78 is 0. The normalized spacial score (nSPS) is 16.9. The van der Waals surface area contributed by atoms with Crippen molar-refractivity contribution in [1.29, 1.82) is 0 Å². The topological polar surface area (TPSA) is 90.8 Å². The Balaban J connectivity index is 1.59. The van der Waals surface area contributed by atoms with Gasteiger partial charge in [-0.2, -0.15) is 0 Å². The number of fused-ring (bicyclic) bond motifs is 2. The molecule has 1 aliphatic rings. The van der Waals surface area contributed by atoms with E-state index in [0.717, 1.165) is 52.2 Å². The van der Waals surface area contributed by atoms with Crippen LogP contribution in [0.4, 0.5) is 5.82 Å². The van der Waals surface area contributed by atoms with Crippen LogP contribution in [-0.2, 0) is 6.42 Å². The molecule has 0 saturated carbocycles. The van der Waals surface area contributed by atoms with Crippen LogP contribution in [-0.4, -0.2) is 49.2 Å². The molecular weight excluding hydrogens is 408 g/mol. The van der Waals surface area contributed by atoms with Gasteiger partial charge in [-0.25, -0.2) is 9.97 Å². The quantitative estimate of drug-likeness (QED) is 0.479. The number of hydrogen-bond acceptors (Lipinski definition) is 7. The van der Waals surface area contributed by atoms with Crippen molar-refractivity contribution in [2.45, 2.75) is 35.9 Å². The van der Waals surface area contributed by atoms with E-state index in [0.29, 0.717) is 22.4 Å². The molecule has 1 atom stereocenters. The highest BCUT2D eigenvalue weighted by Crippen LogP contribution is 2.37. The van der Waals surface area contributed by atoms with E-state index in [-0.39, 0.29) is 6.10 Å². The van der Waals surface area contributed by atoms with Crippen LogP contribution >= 0.6 is 23.4 Å². The number of aromatic amines is 1. The molecule has 0 spiro atoms. The number of halogens is 1. The molecule has 9 heteroatoms. The van der Waals surface area contributed by atoms with Crippen molar-refractivity contribution >= 4 is 51.2 Å². The van der Waals surface area contributed by atoms with Crippen LogP contribution in [0.25, 0.3) is 22.1 Å². The molecule has 4 aromatic heterocycles. The Kier molecular flexibility index (Phi) is 4.77. The lowest BCUT2D eigenvalue weighted by Crippen LogP contribution is -2.22. The lowest BCUT2D eigenvalue weighted by Gasteiger charge is -2.18. The van der Waals surface area contributed by atoms with Gasteiger partial charge in [-0.3, -0.25) is 9.97 Å². The van der Waals surface area contributed by atoms with Crippen LogP contribution in [0.15, 0.2) is 40.6 Å². The smallest absolute Gasteiger partial charge is 0.196 e. The number of aliphatic hydroxyl groups excluding tert-OH is 1. The molecule has 0 amide bonds. The number of aliphatic hydroxyl groups is 1. The summed E-state index contributed by atoms with van der Waals surface area (Å²) >= 11 is 8.07. The Morgan fingerprint density at radius 1 is 1.31 bits per heavy atom. The molecule has 5 heterocycles. The van der Waals surface area contributed by atoms with Crippen molar-refractivity contribution < 1.29 is 5.11 Å². The van der Waals surface area contributed by atoms with Crippen LogP contribution in [0.5, 0.6) is 0 Å². The Hall–Kier alpha value is -2.42. The zero-order valence-electron chi connectivity index (χ0n) is 15.8. The molecule has 5 rings (SSSR count). The second-order valence-electron chi connectivity index (χ2n) is 7.03. The molecule has 7 nitrogen and oxygen atoms in total. The van der Waals surface area contributed by atoms with E-state index in [1.807, 2.05) is 25.1 Å². The van der Waals surface area contributed by atoms with E-state index in [1.165, 1.54) is 11.8 Å². The summed E-state index contributed by atoms with van der Waals surface area (Å²) in [6, 6.07) is 5.79. The maximum atomic E-state index is 10.0. The second kappa shape index (κ2) is 7.44. The molecule has 0 aromatic carbocycles. The van der Waals surface area contributed by atoms with Crippen molar-refractivity contribution in [2.75, 3.05) is 18.0 Å². The number of rotatable bonds is 4. The first-order valence-electron chi connectivity index (χ1n) is 9.52. The lowest BCUT2D eigenvalue weighted by atomic mass is 10.3.